The molecule has 0 aliphatic rings. The minimum Gasteiger partial charge on any atom is -0.512 e. The van der Waals surface area contributed by atoms with E-state index >= 15 is 0 Å². The molecule has 0 aromatic carbocycles. The van der Waals surface area contributed by atoms with Crippen molar-refractivity contribution in [2.24, 2.45) is 35.5 Å². The molecule has 0 bridgehead atoms. The van der Waals surface area contributed by atoms with Crippen LogP contribution in [0, 0.1) is 35.5 Å². The summed E-state index contributed by atoms with van der Waals surface area (Å²) in [5.41, 5.74) is 0. The molecule has 0 saturated heterocycles. The predicted molar refractivity (Wildman–Crippen MR) is 136 cm³/mol. The average molecular weight is 558 g/mol. The van der Waals surface area contributed by atoms with E-state index in [1.165, 1.54) is 18.2 Å². The second-order valence-corrected chi connectivity index (χ2v) is 9.84. The summed E-state index contributed by atoms with van der Waals surface area (Å²) >= 11 is 0. The van der Waals surface area contributed by atoms with E-state index in [0.29, 0.717) is 0 Å². The maximum atomic E-state index is 11.0. The van der Waals surface area contributed by atoms with Crippen LogP contribution < -0.4 is 0 Å². The minimum absolute atomic E-state index is 0. The number of aliphatic hydroxyl groups is 3. The van der Waals surface area contributed by atoms with Crippen molar-refractivity contribution in [2.75, 3.05) is 0 Å². The second kappa shape index (κ2) is 21.1. The third kappa shape index (κ3) is 22.5. The Morgan fingerprint density at radius 1 is 0.412 bits per heavy atom. The van der Waals surface area contributed by atoms with Crippen LogP contribution in [0.25, 0.3) is 0 Å². The van der Waals surface area contributed by atoms with Crippen molar-refractivity contribution in [3.63, 3.8) is 0 Å². The molecule has 6 nitrogen and oxygen atoms in total. The van der Waals surface area contributed by atoms with Gasteiger partial charge in [0.05, 0.1) is 17.3 Å². The molecule has 0 saturated carbocycles. The summed E-state index contributed by atoms with van der Waals surface area (Å²) in [6, 6.07) is 0. The standard InChI is InChI=1S/3C9H16O2.Y/c3*1-6(2)8(10)5-9(11)7(3)4;/h3*5-7,10H,1-4H3;/b3*8-5-;. The summed E-state index contributed by atoms with van der Waals surface area (Å²) in [4.78, 5) is 33.1. The molecule has 0 aromatic heterocycles. The Morgan fingerprint density at radius 2 is 0.559 bits per heavy atom. The molecule has 195 valence electrons. The van der Waals surface area contributed by atoms with Gasteiger partial charge in [0, 0.05) is 86.4 Å². The van der Waals surface area contributed by atoms with Gasteiger partial charge in [-0.2, -0.15) is 0 Å². The van der Waals surface area contributed by atoms with Crippen molar-refractivity contribution in [3.05, 3.63) is 35.5 Å². The molecule has 0 aromatic rings. The molecule has 0 spiro atoms. The Kier molecular flexibility index (Phi) is 24.7. The zero-order valence-electron chi connectivity index (χ0n) is 23.3. The zero-order valence-corrected chi connectivity index (χ0v) is 26.2. The third-order valence-electron chi connectivity index (χ3n) is 4.35. The Bertz CT molecular complexity index is 601. The Morgan fingerprint density at radius 3 is 0.647 bits per heavy atom. The SMILES string of the molecule is CC(C)C(=O)/C=C(\O)C(C)C.CC(C)C(=O)/C=C(\O)C(C)C.CC(C)C(=O)/C=C(\O)C(C)C.[Y]. The summed E-state index contributed by atoms with van der Waals surface area (Å²) in [6.07, 6.45) is 3.94. The van der Waals surface area contributed by atoms with Gasteiger partial charge in [-0.15, -0.1) is 0 Å². The fourth-order valence-corrected chi connectivity index (χ4v) is 1.44. The maximum Gasteiger partial charge on any atom is 0.161 e. The van der Waals surface area contributed by atoms with Crippen LogP contribution in [0.4, 0.5) is 0 Å². The topological polar surface area (TPSA) is 112 Å². The number of ketones is 3. The summed E-state index contributed by atoms with van der Waals surface area (Å²) in [5.74, 6) is 0.482. The molecular formula is C27H48O6Y. The van der Waals surface area contributed by atoms with E-state index in [9.17, 15) is 29.7 Å². The van der Waals surface area contributed by atoms with Crippen LogP contribution in [0.1, 0.15) is 83.1 Å². The van der Waals surface area contributed by atoms with E-state index in [-0.39, 0.29) is 103 Å². The smallest absolute Gasteiger partial charge is 0.161 e. The van der Waals surface area contributed by atoms with Crippen molar-refractivity contribution >= 4 is 17.3 Å². The van der Waals surface area contributed by atoms with Crippen molar-refractivity contribution in [3.8, 4) is 0 Å². The minimum atomic E-state index is -0.0316. The molecule has 34 heavy (non-hydrogen) atoms. The fourth-order valence-electron chi connectivity index (χ4n) is 1.44. The first-order chi connectivity index (χ1) is 14.8. The van der Waals surface area contributed by atoms with Crippen LogP contribution in [0.5, 0.6) is 0 Å². The predicted octanol–water partition coefficient (Wildman–Crippen LogP) is 6.93. The molecule has 7 heteroatoms. The molecule has 0 aliphatic heterocycles. The molecule has 0 aliphatic carbocycles. The zero-order chi connectivity index (χ0) is 27.0. The molecule has 0 amide bonds. The third-order valence-corrected chi connectivity index (χ3v) is 4.35. The Hall–Kier alpha value is -1.27. The van der Waals surface area contributed by atoms with E-state index in [1.807, 2.05) is 83.1 Å². The van der Waals surface area contributed by atoms with Gasteiger partial charge in [-0.1, -0.05) is 83.1 Å². The van der Waals surface area contributed by atoms with Gasteiger partial charge < -0.3 is 15.3 Å². The quantitative estimate of drug-likeness (QED) is 0.209. The van der Waals surface area contributed by atoms with Gasteiger partial charge in [0.15, 0.2) is 17.3 Å². The van der Waals surface area contributed by atoms with Gasteiger partial charge in [0.1, 0.15) is 0 Å². The summed E-state index contributed by atoms with van der Waals surface area (Å²) in [7, 11) is 0. The first-order valence-corrected chi connectivity index (χ1v) is 11.7. The van der Waals surface area contributed by atoms with E-state index in [4.69, 9.17) is 0 Å². The summed E-state index contributed by atoms with van der Waals surface area (Å²) in [5, 5.41) is 27.6. The van der Waals surface area contributed by atoms with Gasteiger partial charge in [-0.3, -0.25) is 14.4 Å². The van der Waals surface area contributed by atoms with E-state index in [1.54, 1.807) is 0 Å². The van der Waals surface area contributed by atoms with Crippen molar-refractivity contribution in [1.82, 2.24) is 0 Å². The molecule has 0 atom stereocenters. The van der Waals surface area contributed by atoms with E-state index in [0.717, 1.165) is 0 Å². The first-order valence-electron chi connectivity index (χ1n) is 11.7. The largest absolute Gasteiger partial charge is 0.512 e. The van der Waals surface area contributed by atoms with Gasteiger partial charge in [-0.05, 0) is 0 Å². The molecule has 0 rings (SSSR count). The van der Waals surface area contributed by atoms with Crippen molar-refractivity contribution < 1.29 is 62.4 Å². The number of carbonyl (C=O) groups is 3. The molecule has 3 N–H and O–H groups in total. The molecule has 1 radical (unpaired) electrons. The summed E-state index contributed by atoms with van der Waals surface area (Å²) in [6.45, 7) is 22.0. The first kappa shape index (κ1) is 39.9. The van der Waals surface area contributed by atoms with Gasteiger partial charge >= 0.3 is 0 Å². The van der Waals surface area contributed by atoms with Crippen LogP contribution in [-0.4, -0.2) is 32.7 Å². The number of hydrogen-bond acceptors (Lipinski definition) is 6. The maximum absolute atomic E-state index is 11.0. The number of carbonyl (C=O) groups excluding carboxylic acids is 3. The van der Waals surface area contributed by atoms with Crippen molar-refractivity contribution in [1.29, 1.82) is 0 Å². The van der Waals surface area contributed by atoms with Crippen LogP contribution in [0.3, 0.4) is 0 Å². The molecule has 0 fully saturated rings. The fraction of sp³-hybridized carbons (Fsp3) is 0.667. The monoisotopic (exact) mass is 557 g/mol. The average Bonchev–Trinajstić information content (AvgIpc) is 2.67. The van der Waals surface area contributed by atoms with Gasteiger partial charge in [0.25, 0.3) is 0 Å². The van der Waals surface area contributed by atoms with Gasteiger partial charge in [0.2, 0.25) is 0 Å². The van der Waals surface area contributed by atoms with E-state index < -0.39 is 0 Å². The molecule has 0 heterocycles. The number of hydrogen-bond donors (Lipinski definition) is 3. The normalized spacial score (nSPS) is 12.4. The Labute approximate surface area is 232 Å². The van der Waals surface area contributed by atoms with Crippen LogP contribution in [0.2, 0.25) is 0 Å². The summed E-state index contributed by atoms with van der Waals surface area (Å²) < 4.78 is 0. The molecule has 0 unspecified atom stereocenters. The molecular weight excluding hydrogens is 509 g/mol. The number of rotatable bonds is 9. The Balaban J connectivity index is -0.000000196. The van der Waals surface area contributed by atoms with Crippen LogP contribution in [-0.2, 0) is 47.1 Å². The number of allylic oxidation sites excluding steroid dienone is 6. The van der Waals surface area contributed by atoms with E-state index in [2.05, 4.69) is 0 Å². The van der Waals surface area contributed by atoms with Crippen molar-refractivity contribution in [2.45, 2.75) is 83.1 Å². The van der Waals surface area contributed by atoms with Gasteiger partial charge in [-0.25, -0.2) is 0 Å². The second-order valence-electron chi connectivity index (χ2n) is 9.84. The van der Waals surface area contributed by atoms with Crippen LogP contribution >= 0.6 is 0 Å². The number of aliphatic hydroxyl groups excluding tert-OH is 3. The van der Waals surface area contributed by atoms with Crippen LogP contribution in [0.15, 0.2) is 35.5 Å².